The van der Waals surface area contributed by atoms with Gasteiger partial charge < -0.3 is 0 Å². The molecule has 0 aromatic heterocycles. The van der Waals surface area contributed by atoms with Crippen molar-refractivity contribution in [3.05, 3.63) is 30.3 Å². The van der Waals surface area contributed by atoms with Gasteiger partial charge in [-0.15, -0.1) is 8.58 Å². The average molecular weight is 356 g/mol. The normalized spacial score (nSPS) is 20.6. The first-order valence-electron chi connectivity index (χ1n) is 8.84. The van der Waals surface area contributed by atoms with Crippen molar-refractivity contribution in [2.24, 2.45) is 0 Å². The molecule has 0 amide bonds. The van der Waals surface area contributed by atoms with E-state index >= 15 is 0 Å². The minimum absolute atomic E-state index is 0.0741. The lowest BCUT2D eigenvalue weighted by atomic mass is 10.00. The van der Waals surface area contributed by atoms with Crippen molar-refractivity contribution in [1.82, 2.24) is 0 Å². The zero-order chi connectivity index (χ0) is 16.5. The lowest BCUT2D eigenvalue weighted by molar-refractivity contribution is 0.483. The van der Waals surface area contributed by atoms with Gasteiger partial charge in [0.05, 0.1) is 4.90 Å². The molecule has 130 valence electrons. The van der Waals surface area contributed by atoms with Gasteiger partial charge in [-0.1, -0.05) is 56.7 Å². The third kappa shape index (κ3) is 7.32. The van der Waals surface area contributed by atoms with Gasteiger partial charge in [0.1, 0.15) is 0 Å². The molecule has 0 unspecified atom stereocenters. The van der Waals surface area contributed by atoms with E-state index in [1.807, 2.05) is 0 Å². The highest BCUT2D eigenvalue weighted by molar-refractivity contribution is 7.85. The maximum atomic E-state index is 10.4. The predicted molar refractivity (Wildman–Crippen MR) is 98.3 cm³/mol. The smallest absolute Gasteiger partial charge is 0.282 e. The van der Waals surface area contributed by atoms with Crippen LogP contribution in [0.3, 0.4) is 0 Å². The van der Waals surface area contributed by atoms with E-state index in [0.717, 1.165) is 11.3 Å². The monoisotopic (exact) mass is 356 g/mol. The van der Waals surface area contributed by atoms with Crippen molar-refractivity contribution in [2.75, 3.05) is 0 Å². The van der Waals surface area contributed by atoms with Gasteiger partial charge in [-0.3, -0.25) is 4.55 Å². The molecule has 23 heavy (non-hydrogen) atoms. The van der Waals surface area contributed by atoms with Crippen LogP contribution in [0.15, 0.2) is 35.2 Å². The first-order valence-corrected chi connectivity index (χ1v) is 11.4. The topological polar surface area (TPSA) is 54.4 Å². The Balaban J connectivity index is 0.000000174. The molecule has 1 aromatic rings. The van der Waals surface area contributed by atoms with E-state index in [-0.39, 0.29) is 4.90 Å². The van der Waals surface area contributed by atoms with Crippen LogP contribution >= 0.6 is 8.58 Å². The van der Waals surface area contributed by atoms with Gasteiger partial charge in [-0.25, -0.2) is 0 Å². The Morgan fingerprint density at radius 3 is 1.57 bits per heavy atom. The number of benzene rings is 1. The summed E-state index contributed by atoms with van der Waals surface area (Å²) < 4.78 is 29.2. The molecule has 0 heterocycles. The summed E-state index contributed by atoms with van der Waals surface area (Å²) in [6.45, 7) is 0. The quantitative estimate of drug-likeness (QED) is 0.593. The second-order valence-corrected chi connectivity index (χ2v) is 10.0. The zero-order valence-electron chi connectivity index (χ0n) is 13.8. The Morgan fingerprint density at radius 2 is 1.22 bits per heavy atom. The highest BCUT2D eigenvalue weighted by Gasteiger charge is 2.20. The van der Waals surface area contributed by atoms with Gasteiger partial charge in [0.25, 0.3) is 10.1 Å². The lowest BCUT2D eigenvalue weighted by Gasteiger charge is -2.28. The number of hydrogen-bond acceptors (Lipinski definition) is 2. The van der Waals surface area contributed by atoms with Gasteiger partial charge in [-0.2, -0.15) is 8.42 Å². The minimum Gasteiger partial charge on any atom is -0.282 e. The highest BCUT2D eigenvalue weighted by Crippen LogP contribution is 2.41. The van der Waals surface area contributed by atoms with Crippen LogP contribution in [0.25, 0.3) is 0 Å². The van der Waals surface area contributed by atoms with E-state index in [9.17, 15) is 8.42 Å². The summed E-state index contributed by atoms with van der Waals surface area (Å²) in [6, 6.07) is 7.42. The molecule has 0 saturated heterocycles. The molecule has 3 rings (SSSR count). The highest BCUT2D eigenvalue weighted by atomic mass is 32.2. The van der Waals surface area contributed by atoms with Crippen LogP contribution in [0.2, 0.25) is 0 Å². The third-order valence-corrected chi connectivity index (χ3v) is 7.69. The molecule has 0 aliphatic heterocycles. The average Bonchev–Trinajstić information content (AvgIpc) is 2.57. The first-order chi connectivity index (χ1) is 11.1. The van der Waals surface area contributed by atoms with Gasteiger partial charge >= 0.3 is 0 Å². The van der Waals surface area contributed by atoms with E-state index < -0.39 is 10.1 Å². The van der Waals surface area contributed by atoms with Gasteiger partial charge in [0, 0.05) is 0 Å². The molecule has 2 aliphatic carbocycles. The summed E-state index contributed by atoms with van der Waals surface area (Å²) >= 11 is 0. The van der Waals surface area contributed by atoms with Crippen LogP contribution in [0.1, 0.15) is 64.2 Å². The lowest BCUT2D eigenvalue weighted by Crippen LogP contribution is -2.14. The molecule has 1 N–H and O–H groups in total. The summed E-state index contributed by atoms with van der Waals surface area (Å²) in [5.41, 5.74) is 2.30. The maximum Gasteiger partial charge on any atom is 0.294 e. The van der Waals surface area contributed by atoms with Crippen LogP contribution < -0.4 is 0 Å². The summed E-state index contributed by atoms with van der Waals surface area (Å²) in [5, 5.41) is 0. The molecule has 2 fully saturated rings. The van der Waals surface area contributed by atoms with E-state index in [1.54, 1.807) is 43.9 Å². The molecule has 0 bridgehead atoms. The van der Waals surface area contributed by atoms with Crippen molar-refractivity contribution in [1.29, 1.82) is 0 Å². The molecule has 0 spiro atoms. The minimum atomic E-state index is -4.00. The molecular formula is C18H29O3PS. The SMILES string of the molecule is C1CCC(PC2CCCCC2)CC1.O=S(=O)(O)c1ccccc1. The van der Waals surface area contributed by atoms with Crippen molar-refractivity contribution in [2.45, 2.75) is 80.4 Å². The Hall–Kier alpha value is -0.440. The molecule has 3 nitrogen and oxygen atoms in total. The summed E-state index contributed by atoms with van der Waals surface area (Å²) in [6.07, 6.45) is 15.4. The zero-order valence-corrected chi connectivity index (χ0v) is 15.6. The Labute approximate surface area is 142 Å². The van der Waals surface area contributed by atoms with Crippen molar-refractivity contribution >= 4 is 18.7 Å². The summed E-state index contributed by atoms with van der Waals surface area (Å²) in [5.74, 6) is 0. The molecule has 1 aromatic carbocycles. The maximum absolute atomic E-state index is 10.4. The van der Waals surface area contributed by atoms with Crippen molar-refractivity contribution < 1.29 is 13.0 Å². The molecule has 0 atom stereocenters. The van der Waals surface area contributed by atoms with Crippen molar-refractivity contribution in [3.63, 3.8) is 0 Å². The van der Waals surface area contributed by atoms with Gasteiger partial charge in [-0.05, 0) is 49.1 Å². The van der Waals surface area contributed by atoms with E-state index in [4.69, 9.17) is 4.55 Å². The fourth-order valence-corrected chi connectivity index (χ4v) is 6.12. The van der Waals surface area contributed by atoms with E-state index in [2.05, 4.69) is 0 Å². The van der Waals surface area contributed by atoms with Gasteiger partial charge in [0.15, 0.2) is 0 Å². The van der Waals surface area contributed by atoms with Crippen LogP contribution in [0.5, 0.6) is 0 Å². The van der Waals surface area contributed by atoms with Gasteiger partial charge in [0.2, 0.25) is 0 Å². The Morgan fingerprint density at radius 1 is 0.783 bits per heavy atom. The van der Waals surface area contributed by atoms with E-state index in [0.29, 0.717) is 0 Å². The second-order valence-electron chi connectivity index (χ2n) is 6.62. The number of rotatable bonds is 3. The van der Waals surface area contributed by atoms with Crippen LogP contribution in [-0.4, -0.2) is 24.3 Å². The van der Waals surface area contributed by atoms with Crippen LogP contribution in [0, 0.1) is 0 Å². The molecular weight excluding hydrogens is 327 g/mol. The van der Waals surface area contributed by atoms with E-state index in [1.165, 1.54) is 59.2 Å². The second kappa shape index (κ2) is 9.76. The van der Waals surface area contributed by atoms with Crippen molar-refractivity contribution in [3.8, 4) is 0 Å². The number of hydrogen-bond donors (Lipinski definition) is 1. The summed E-state index contributed by atoms with van der Waals surface area (Å²) in [4.78, 5) is -0.0741. The first kappa shape index (κ1) is 18.9. The molecule has 5 heteroatoms. The third-order valence-electron chi connectivity index (χ3n) is 4.72. The fourth-order valence-electron chi connectivity index (χ4n) is 3.46. The van der Waals surface area contributed by atoms with Crippen LogP contribution in [0.4, 0.5) is 0 Å². The predicted octanol–water partition coefficient (Wildman–Crippen LogP) is 5.26. The fraction of sp³-hybridized carbons (Fsp3) is 0.667. The Kier molecular flexibility index (Phi) is 8.02. The standard InChI is InChI=1S/C12H23P.C6H6O3S/c1-3-7-11(8-4-1)13-12-9-5-2-6-10-12;7-10(8,9)6-4-2-1-3-5-6/h11-13H,1-10H2;1-5H,(H,7,8,9). The Bertz CT molecular complexity index is 517. The molecule has 2 aliphatic rings. The largest absolute Gasteiger partial charge is 0.294 e. The summed E-state index contributed by atoms with van der Waals surface area (Å²) in [7, 11) is -2.67. The van der Waals surface area contributed by atoms with Crippen LogP contribution in [-0.2, 0) is 10.1 Å². The molecule has 0 radical (unpaired) electrons. The molecule has 2 saturated carbocycles.